The maximum atomic E-state index is 6.04. The van der Waals surface area contributed by atoms with Crippen LogP contribution in [0.25, 0.3) is 0 Å². The molecule has 2 N–H and O–H groups in total. The highest BCUT2D eigenvalue weighted by Gasteiger charge is 2.18. The van der Waals surface area contributed by atoms with Crippen molar-refractivity contribution in [3.63, 3.8) is 0 Å². The summed E-state index contributed by atoms with van der Waals surface area (Å²) in [5.74, 6) is 0. The molecule has 2 nitrogen and oxygen atoms in total. The predicted octanol–water partition coefficient (Wildman–Crippen LogP) is 4.20. The van der Waals surface area contributed by atoms with Crippen LogP contribution < -0.4 is 5.73 Å². The van der Waals surface area contributed by atoms with Gasteiger partial charge in [0.2, 0.25) is 0 Å². The summed E-state index contributed by atoms with van der Waals surface area (Å²) >= 11 is 5.25. The van der Waals surface area contributed by atoms with Crippen molar-refractivity contribution >= 4 is 27.3 Å². The van der Waals surface area contributed by atoms with Crippen molar-refractivity contribution in [2.24, 2.45) is 5.73 Å². The van der Waals surface area contributed by atoms with Gasteiger partial charge < -0.3 is 5.73 Å². The number of rotatable bonds is 6. The van der Waals surface area contributed by atoms with Gasteiger partial charge in [-0.1, -0.05) is 31.2 Å². The Kier molecular flexibility index (Phi) is 5.78. The Morgan fingerprint density at radius 3 is 2.70 bits per heavy atom. The first-order valence-corrected chi connectivity index (χ1v) is 8.54. The first-order chi connectivity index (χ1) is 9.65. The van der Waals surface area contributed by atoms with E-state index in [1.807, 2.05) is 0 Å². The molecule has 20 heavy (non-hydrogen) atoms. The third kappa shape index (κ3) is 3.70. The van der Waals surface area contributed by atoms with Crippen LogP contribution in [-0.4, -0.2) is 18.5 Å². The molecule has 0 fully saturated rings. The van der Waals surface area contributed by atoms with Gasteiger partial charge in [-0.3, -0.25) is 4.90 Å². The van der Waals surface area contributed by atoms with E-state index in [0.29, 0.717) is 6.54 Å². The van der Waals surface area contributed by atoms with Gasteiger partial charge in [0.15, 0.2) is 0 Å². The second-order valence-electron chi connectivity index (χ2n) is 4.98. The lowest BCUT2D eigenvalue weighted by molar-refractivity contribution is 0.241. The minimum Gasteiger partial charge on any atom is -0.329 e. The van der Waals surface area contributed by atoms with Crippen LogP contribution in [0.1, 0.15) is 29.7 Å². The van der Waals surface area contributed by atoms with Crippen LogP contribution in [0.3, 0.4) is 0 Å². The molecular weight excluding hydrogens is 332 g/mol. The number of thiophene rings is 1. The maximum Gasteiger partial charge on any atom is 0.0701 e. The van der Waals surface area contributed by atoms with Crippen molar-refractivity contribution in [1.82, 2.24) is 4.90 Å². The van der Waals surface area contributed by atoms with Gasteiger partial charge in [0.25, 0.3) is 0 Å². The van der Waals surface area contributed by atoms with Crippen LogP contribution in [0.5, 0.6) is 0 Å². The molecule has 2 rings (SSSR count). The van der Waals surface area contributed by atoms with Crippen molar-refractivity contribution < 1.29 is 0 Å². The van der Waals surface area contributed by atoms with Crippen LogP contribution in [0, 0.1) is 0 Å². The fourth-order valence-electron chi connectivity index (χ4n) is 2.55. The third-order valence-corrected chi connectivity index (χ3v) is 5.16. The number of hydrogen-bond donors (Lipinski definition) is 1. The SMILES string of the molecule is CCc1ccccc1C(CN)N(C)Cc1csc(Br)c1. The molecule has 1 atom stereocenters. The molecule has 1 aromatic heterocycles. The molecule has 0 aliphatic carbocycles. The molecule has 1 heterocycles. The highest BCUT2D eigenvalue weighted by molar-refractivity contribution is 9.11. The third-order valence-electron chi connectivity index (χ3n) is 3.60. The number of likely N-dealkylation sites (N-methyl/N-ethyl adjacent to an activating group) is 1. The normalized spacial score (nSPS) is 12.8. The Balaban J connectivity index is 2.18. The van der Waals surface area contributed by atoms with Crippen molar-refractivity contribution in [3.8, 4) is 0 Å². The molecule has 2 aromatic rings. The summed E-state index contributed by atoms with van der Waals surface area (Å²) in [6, 6.07) is 11.1. The number of hydrogen-bond acceptors (Lipinski definition) is 3. The van der Waals surface area contributed by atoms with Gasteiger partial charge in [-0.2, -0.15) is 0 Å². The van der Waals surface area contributed by atoms with Gasteiger partial charge in [-0.15, -0.1) is 11.3 Å². The summed E-state index contributed by atoms with van der Waals surface area (Å²) in [5, 5.41) is 2.19. The van der Waals surface area contributed by atoms with Gasteiger partial charge in [0, 0.05) is 19.1 Å². The summed E-state index contributed by atoms with van der Waals surface area (Å²) in [5.41, 5.74) is 10.1. The fraction of sp³-hybridized carbons (Fsp3) is 0.375. The quantitative estimate of drug-likeness (QED) is 0.843. The number of nitrogens with zero attached hydrogens (tertiary/aromatic N) is 1. The maximum absolute atomic E-state index is 6.04. The molecule has 0 amide bonds. The van der Waals surface area contributed by atoms with Crippen molar-refractivity contribution in [1.29, 1.82) is 0 Å². The molecule has 0 aliphatic rings. The zero-order valence-corrected chi connectivity index (χ0v) is 14.4. The summed E-state index contributed by atoms with van der Waals surface area (Å²) in [7, 11) is 2.15. The van der Waals surface area contributed by atoms with Gasteiger partial charge in [-0.25, -0.2) is 0 Å². The van der Waals surface area contributed by atoms with Crippen LogP contribution in [0.2, 0.25) is 0 Å². The fourth-order valence-corrected chi connectivity index (χ4v) is 3.75. The molecule has 1 unspecified atom stereocenters. The van der Waals surface area contributed by atoms with E-state index in [-0.39, 0.29) is 6.04 Å². The van der Waals surface area contributed by atoms with Crippen LogP contribution >= 0.6 is 27.3 Å². The van der Waals surface area contributed by atoms with E-state index in [0.717, 1.165) is 13.0 Å². The molecule has 108 valence electrons. The van der Waals surface area contributed by atoms with Crippen molar-refractivity contribution in [2.75, 3.05) is 13.6 Å². The molecule has 0 aliphatic heterocycles. The predicted molar refractivity (Wildman–Crippen MR) is 91.1 cm³/mol. The highest BCUT2D eigenvalue weighted by Crippen LogP contribution is 2.26. The lowest BCUT2D eigenvalue weighted by Crippen LogP contribution is -2.30. The van der Waals surface area contributed by atoms with Crippen molar-refractivity contribution in [3.05, 3.63) is 56.2 Å². The molecule has 0 bridgehead atoms. The molecule has 4 heteroatoms. The number of nitrogens with two attached hydrogens (primary N) is 1. The van der Waals surface area contributed by atoms with Crippen LogP contribution in [0.15, 0.2) is 39.5 Å². The molecule has 0 saturated heterocycles. The summed E-state index contributed by atoms with van der Waals surface area (Å²) in [6.07, 6.45) is 1.05. The lowest BCUT2D eigenvalue weighted by Gasteiger charge is -2.28. The minimum atomic E-state index is 0.268. The zero-order valence-electron chi connectivity index (χ0n) is 12.0. The first kappa shape index (κ1) is 15.7. The Bertz CT molecular complexity index is 553. The van der Waals surface area contributed by atoms with E-state index >= 15 is 0 Å². The molecule has 1 aromatic carbocycles. The van der Waals surface area contributed by atoms with Gasteiger partial charge in [0.05, 0.1) is 3.79 Å². The number of aryl methyl sites for hydroxylation is 1. The van der Waals surface area contributed by atoms with Gasteiger partial charge >= 0.3 is 0 Å². The zero-order chi connectivity index (χ0) is 14.5. The number of benzene rings is 1. The van der Waals surface area contributed by atoms with Gasteiger partial charge in [0.1, 0.15) is 0 Å². The largest absolute Gasteiger partial charge is 0.329 e. The highest BCUT2D eigenvalue weighted by atomic mass is 79.9. The molecular formula is C16H21BrN2S. The summed E-state index contributed by atoms with van der Waals surface area (Å²) < 4.78 is 1.18. The monoisotopic (exact) mass is 352 g/mol. The van der Waals surface area contributed by atoms with E-state index in [4.69, 9.17) is 5.73 Å². The minimum absolute atomic E-state index is 0.268. The Labute approximate surface area is 133 Å². The average molecular weight is 353 g/mol. The Morgan fingerprint density at radius 1 is 1.35 bits per heavy atom. The average Bonchev–Trinajstić information content (AvgIpc) is 2.85. The van der Waals surface area contributed by atoms with Gasteiger partial charge in [-0.05, 0) is 57.5 Å². The smallest absolute Gasteiger partial charge is 0.0701 e. The van der Waals surface area contributed by atoms with Crippen molar-refractivity contribution in [2.45, 2.75) is 25.9 Å². The molecule has 0 spiro atoms. The van der Waals surface area contributed by atoms with E-state index in [2.05, 4.69) is 70.5 Å². The topological polar surface area (TPSA) is 29.3 Å². The number of halogens is 1. The van der Waals surface area contributed by atoms with E-state index in [1.165, 1.54) is 20.5 Å². The second kappa shape index (κ2) is 7.36. The second-order valence-corrected chi connectivity index (χ2v) is 7.27. The molecule has 0 saturated carbocycles. The Morgan fingerprint density at radius 2 is 2.10 bits per heavy atom. The summed E-state index contributed by atoms with van der Waals surface area (Å²) in [6.45, 7) is 3.75. The molecule has 0 radical (unpaired) electrons. The van der Waals surface area contributed by atoms with E-state index in [9.17, 15) is 0 Å². The van der Waals surface area contributed by atoms with Crippen LogP contribution in [0.4, 0.5) is 0 Å². The van der Waals surface area contributed by atoms with E-state index < -0.39 is 0 Å². The standard InChI is InChI=1S/C16H21BrN2S/c1-3-13-6-4-5-7-14(13)15(9-18)19(2)10-12-8-16(17)20-11-12/h4-8,11,15H,3,9-10,18H2,1-2H3. The van der Waals surface area contributed by atoms with E-state index in [1.54, 1.807) is 11.3 Å². The first-order valence-electron chi connectivity index (χ1n) is 6.86. The summed E-state index contributed by atoms with van der Waals surface area (Å²) in [4.78, 5) is 2.34. The lowest BCUT2D eigenvalue weighted by atomic mass is 9.97. The van der Waals surface area contributed by atoms with Crippen LogP contribution in [-0.2, 0) is 13.0 Å². The Hall–Kier alpha value is -0.680.